The van der Waals surface area contributed by atoms with E-state index in [-0.39, 0.29) is 29.1 Å². The van der Waals surface area contributed by atoms with Crippen molar-refractivity contribution in [3.63, 3.8) is 0 Å². The number of benzene rings is 3. The summed E-state index contributed by atoms with van der Waals surface area (Å²) in [6.07, 6.45) is 6.21. The molecule has 0 radical (unpaired) electrons. The Morgan fingerprint density at radius 2 is 1.43 bits per heavy atom. The molecule has 3 atom stereocenters. The molecule has 3 aromatic carbocycles. The first-order chi connectivity index (χ1) is 25.2. The maximum Gasteiger partial charge on any atom is 0.261 e. The lowest BCUT2D eigenvalue weighted by atomic mass is 9.72. The van der Waals surface area contributed by atoms with Crippen molar-refractivity contribution in [3.05, 3.63) is 103 Å². The van der Waals surface area contributed by atoms with E-state index in [2.05, 4.69) is 94.9 Å². The third kappa shape index (κ3) is 13.2. The van der Waals surface area contributed by atoms with Gasteiger partial charge in [0.05, 0.1) is 26.6 Å². The van der Waals surface area contributed by atoms with Gasteiger partial charge in [0.2, 0.25) is 10.0 Å². The quantitative estimate of drug-likeness (QED) is 0.0379. The lowest BCUT2D eigenvalue weighted by Crippen LogP contribution is -2.66. The van der Waals surface area contributed by atoms with Gasteiger partial charge in [0.25, 0.3) is 8.32 Å². The van der Waals surface area contributed by atoms with Gasteiger partial charge in [0, 0.05) is 33.4 Å². The molecule has 0 saturated heterocycles. The molecule has 3 rings (SSSR count). The molecule has 0 aliphatic rings. The standard InChI is InChI=1S/C43H65NO7SSi/c1-10-36(2)31-44(52(9,45)46)32-38(43(6,28-18-29-49-35-47-7)34-50-33-37-24-26-39(48-8)27-25-37)19-17-30-51-53(42(3,4)5,40-20-13-11-14-21-40)41-22-15-12-16-23-41/h10-16,20-27,36,38H,1,17-19,28-35H2,2-9H3/t36-,38+,43-/m0/s1. The van der Waals surface area contributed by atoms with Crippen LogP contribution in [0.2, 0.25) is 5.04 Å². The minimum atomic E-state index is -3.51. The molecule has 10 heteroatoms. The molecule has 53 heavy (non-hydrogen) atoms. The summed E-state index contributed by atoms with van der Waals surface area (Å²) >= 11 is 0. The van der Waals surface area contributed by atoms with E-state index in [4.69, 9.17) is 23.4 Å². The topological polar surface area (TPSA) is 83.5 Å². The summed E-state index contributed by atoms with van der Waals surface area (Å²) in [5.74, 6) is 0.767. The molecule has 3 aromatic rings. The molecule has 0 saturated carbocycles. The molecule has 0 aromatic heterocycles. The lowest BCUT2D eigenvalue weighted by Gasteiger charge is -2.43. The number of hydrogen-bond acceptors (Lipinski definition) is 7. The molecule has 8 nitrogen and oxygen atoms in total. The summed E-state index contributed by atoms with van der Waals surface area (Å²) in [5.41, 5.74) is 0.671. The second-order valence-corrected chi connectivity index (χ2v) is 21.8. The number of sulfonamides is 1. The third-order valence-corrected chi connectivity index (χ3v) is 16.6. The minimum absolute atomic E-state index is 0.00359. The zero-order valence-electron chi connectivity index (χ0n) is 33.5. The Morgan fingerprint density at radius 1 is 0.830 bits per heavy atom. The second-order valence-electron chi connectivity index (χ2n) is 15.6. The fourth-order valence-corrected chi connectivity index (χ4v) is 12.8. The molecular weight excluding hydrogens is 703 g/mol. The Labute approximate surface area is 322 Å². The van der Waals surface area contributed by atoms with Crippen LogP contribution in [-0.4, -0.2) is 81.2 Å². The van der Waals surface area contributed by atoms with Crippen LogP contribution < -0.4 is 15.1 Å². The maximum absolute atomic E-state index is 13.3. The molecule has 294 valence electrons. The Balaban J connectivity index is 1.96. The molecule has 0 unspecified atom stereocenters. The van der Waals surface area contributed by atoms with E-state index < -0.39 is 18.3 Å². The van der Waals surface area contributed by atoms with Gasteiger partial charge in [-0.25, -0.2) is 12.7 Å². The lowest BCUT2D eigenvalue weighted by molar-refractivity contribution is -0.0433. The highest BCUT2D eigenvalue weighted by molar-refractivity contribution is 7.88. The predicted molar refractivity (Wildman–Crippen MR) is 220 cm³/mol. The largest absolute Gasteiger partial charge is 0.497 e. The summed E-state index contributed by atoms with van der Waals surface area (Å²) in [6.45, 7) is 18.0. The van der Waals surface area contributed by atoms with Gasteiger partial charge in [-0.15, -0.1) is 6.58 Å². The van der Waals surface area contributed by atoms with Gasteiger partial charge >= 0.3 is 0 Å². The van der Waals surface area contributed by atoms with Crippen LogP contribution in [0.1, 0.15) is 65.9 Å². The normalized spacial score (nSPS) is 14.8. The average Bonchev–Trinajstić information content (AvgIpc) is 3.13. The van der Waals surface area contributed by atoms with Crippen molar-refractivity contribution in [1.82, 2.24) is 4.31 Å². The fraction of sp³-hybridized carbons (Fsp3) is 0.535. The molecule has 0 heterocycles. The number of rotatable bonds is 25. The molecule has 0 bridgehead atoms. The summed E-state index contributed by atoms with van der Waals surface area (Å²) < 4.78 is 58.2. The first-order valence-corrected chi connectivity index (χ1v) is 22.6. The van der Waals surface area contributed by atoms with Crippen molar-refractivity contribution in [2.24, 2.45) is 17.3 Å². The minimum Gasteiger partial charge on any atom is -0.497 e. The molecule has 0 aliphatic carbocycles. The highest BCUT2D eigenvalue weighted by atomic mass is 32.2. The Morgan fingerprint density at radius 3 is 1.94 bits per heavy atom. The van der Waals surface area contributed by atoms with E-state index in [1.165, 1.54) is 16.6 Å². The van der Waals surface area contributed by atoms with Crippen LogP contribution >= 0.6 is 0 Å². The van der Waals surface area contributed by atoms with Gasteiger partial charge < -0.3 is 23.4 Å². The van der Waals surface area contributed by atoms with E-state index in [9.17, 15) is 8.42 Å². The van der Waals surface area contributed by atoms with Crippen LogP contribution in [0.5, 0.6) is 5.75 Å². The van der Waals surface area contributed by atoms with Crippen molar-refractivity contribution >= 4 is 28.7 Å². The van der Waals surface area contributed by atoms with Crippen molar-refractivity contribution in [2.45, 2.75) is 71.9 Å². The maximum atomic E-state index is 13.3. The van der Waals surface area contributed by atoms with Crippen molar-refractivity contribution in [1.29, 1.82) is 0 Å². The predicted octanol–water partition coefficient (Wildman–Crippen LogP) is 7.68. The highest BCUT2D eigenvalue weighted by Crippen LogP contribution is 2.40. The first kappa shape index (κ1) is 44.6. The van der Waals surface area contributed by atoms with E-state index in [1.54, 1.807) is 18.5 Å². The Kier molecular flexibility index (Phi) is 17.9. The molecule has 0 N–H and O–H groups in total. The van der Waals surface area contributed by atoms with Crippen LogP contribution in [-0.2, 0) is 35.3 Å². The van der Waals surface area contributed by atoms with Crippen LogP contribution in [0.25, 0.3) is 0 Å². The molecular formula is C43H65NO7SSi. The molecule has 0 fully saturated rings. The number of nitrogens with zero attached hydrogens (tertiary/aromatic N) is 1. The molecule has 0 aliphatic heterocycles. The van der Waals surface area contributed by atoms with Gasteiger partial charge in [-0.2, -0.15) is 0 Å². The van der Waals surface area contributed by atoms with Crippen LogP contribution in [0.4, 0.5) is 0 Å². The molecule has 0 amide bonds. The monoisotopic (exact) mass is 767 g/mol. The third-order valence-electron chi connectivity index (χ3n) is 10.3. The number of methoxy groups -OCH3 is 2. The van der Waals surface area contributed by atoms with Crippen molar-refractivity contribution in [2.75, 3.05) is 60.2 Å². The zero-order valence-corrected chi connectivity index (χ0v) is 35.3. The SMILES string of the molecule is C=C[C@H](C)CN(C[C@@H](CCCO[Si](c1ccccc1)(c1ccccc1)C(C)(C)C)[C@@](C)(CCCOCOC)COCc1ccc(OC)cc1)S(C)(=O)=O. The van der Waals surface area contributed by atoms with Gasteiger partial charge in [-0.05, 0) is 76.0 Å². The molecule has 0 spiro atoms. The summed E-state index contributed by atoms with van der Waals surface area (Å²) in [4.78, 5) is 0. The van der Waals surface area contributed by atoms with Gasteiger partial charge in [0.1, 0.15) is 12.5 Å². The smallest absolute Gasteiger partial charge is 0.261 e. The van der Waals surface area contributed by atoms with E-state index in [0.717, 1.165) is 37.0 Å². The Bertz CT molecular complexity index is 1540. The first-order valence-electron chi connectivity index (χ1n) is 18.8. The summed E-state index contributed by atoms with van der Waals surface area (Å²) in [7, 11) is -2.97. The van der Waals surface area contributed by atoms with Crippen molar-refractivity contribution in [3.8, 4) is 5.75 Å². The van der Waals surface area contributed by atoms with Gasteiger partial charge in [-0.1, -0.05) is 113 Å². The summed E-state index contributed by atoms with van der Waals surface area (Å²) in [5, 5.41) is 2.34. The van der Waals surface area contributed by atoms with Crippen LogP contribution in [0, 0.1) is 17.3 Å². The average molecular weight is 768 g/mol. The van der Waals surface area contributed by atoms with Gasteiger partial charge in [0.15, 0.2) is 0 Å². The Hall–Kier alpha value is -2.83. The second kappa shape index (κ2) is 21.3. The van der Waals surface area contributed by atoms with Crippen LogP contribution in [0.3, 0.4) is 0 Å². The van der Waals surface area contributed by atoms with E-state index in [0.29, 0.717) is 39.5 Å². The van der Waals surface area contributed by atoms with E-state index >= 15 is 0 Å². The fourth-order valence-electron chi connectivity index (χ4n) is 7.20. The van der Waals surface area contributed by atoms with E-state index in [1.807, 2.05) is 37.3 Å². The highest BCUT2D eigenvalue weighted by Gasteiger charge is 2.50. The number of ether oxygens (including phenoxy) is 4. The van der Waals surface area contributed by atoms with Gasteiger partial charge in [-0.3, -0.25) is 0 Å². The van der Waals surface area contributed by atoms with Crippen LogP contribution in [0.15, 0.2) is 97.6 Å². The summed E-state index contributed by atoms with van der Waals surface area (Å²) in [6, 6.07) is 29.2. The number of hydrogen-bond donors (Lipinski definition) is 0. The van der Waals surface area contributed by atoms with Crippen molar-refractivity contribution < 1.29 is 31.8 Å². The zero-order chi connectivity index (χ0) is 39.0.